The molecule has 0 radical (unpaired) electrons. The van der Waals surface area contributed by atoms with E-state index in [1.165, 1.54) is 97.0 Å². The van der Waals surface area contributed by atoms with Crippen LogP contribution in [0.5, 0.6) is 0 Å². The lowest BCUT2D eigenvalue weighted by Gasteiger charge is -2.12. The number of thiophene rings is 1. The summed E-state index contributed by atoms with van der Waals surface area (Å²) >= 11 is 1.89. The molecular formula is C48H30S. The van der Waals surface area contributed by atoms with Crippen molar-refractivity contribution in [2.45, 2.75) is 0 Å². The largest absolute Gasteiger partial charge is 0.135 e. The summed E-state index contributed by atoms with van der Waals surface area (Å²) in [7, 11) is 0. The highest BCUT2D eigenvalue weighted by molar-refractivity contribution is 7.26. The summed E-state index contributed by atoms with van der Waals surface area (Å²) in [6, 6.07) is 66.9. The molecule has 0 bridgehead atoms. The number of hydrogen-bond acceptors (Lipinski definition) is 1. The SMILES string of the molecule is c1ccc(-c2ccc(-c3cccc(-c4cccc5c4sc4ccc(-c6ccc7c8ccccc8c8ccccc8c7c6)cc45)c3)cc2)cc1. The summed E-state index contributed by atoms with van der Waals surface area (Å²) in [4.78, 5) is 0. The summed E-state index contributed by atoms with van der Waals surface area (Å²) in [5, 5.41) is 10.5. The summed E-state index contributed by atoms with van der Waals surface area (Å²) in [5.41, 5.74) is 9.96. The molecule has 0 unspecified atom stereocenters. The van der Waals surface area contributed by atoms with Gasteiger partial charge in [-0.3, -0.25) is 0 Å². The smallest absolute Gasteiger partial charge is 0.0433 e. The molecule has 0 N–H and O–H groups in total. The van der Waals surface area contributed by atoms with Gasteiger partial charge in [-0.2, -0.15) is 0 Å². The molecule has 10 rings (SSSR count). The summed E-state index contributed by atoms with van der Waals surface area (Å²) in [6.07, 6.45) is 0. The second-order valence-corrected chi connectivity index (χ2v) is 13.9. The zero-order valence-corrected chi connectivity index (χ0v) is 27.5. The lowest BCUT2D eigenvalue weighted by molar-refractivity contribution is 1.58. The second-order valence-electron chi connectivity index (χ2n) is 12.9. The third kappa shape index (κ3) is 4.66. The van der Waals surface area contributed by atoms with E-state index in [4.69, 9.17) is 0 Å². The Balaban J connectivity index is 1.06. The lowest BCUT2D eigenvalue weighted by Crippen LogP contribution is -1.85. The first-order chi connectivity index (χ1) is 24.3. The molecule has 9 aromatic carbocycles. The van der Waals surface area contributed by atoms with Crippen LogP contribution in [0.25, 0.3) is 97.0 Å². The highest BCUT2D eigenvalue weighted by Crippen LogP contribution is 2.43. The fourth-order valence-corrected chi connectivity index (χ4v) is 8.86. The molecule has 228 valence electrons. The van der Waals surface area contributed by atoms with Crippen LogP contribution in [0, 0.1) is 0 Å². The monoisotopic (exact) mass is 638 g/mol. The van der Waals surface area contributed by atoms with Gasteiger partial charge in [-0.05, 0) is 101 Å². The van der Waals surface area contributed by atoms with Gasteiger partial charge in [0.25, 0.3) is 0 Å². The highest BCUT2D eigenvalue weighted by Gasteiger charge is 2.14. The van der Waals surface area contributed by atoms with Crippen LogP contribution in [-0.2, 0) is 0 Å². The maximum Gasteiger partial charge on any atom is 0.0433 e. The zero-order chi connectivity index (χ0) is 32.3. The van der Waals surface area contributed by atoms with Crippen molar-refractivity contribution in [2.75, 3.05) is 0 Å². The Kier molecular flexibility index (Phi) is 6.47. The van der Waals surface area contributed by atoms with Crippen LogP contribution in [-0.4, -0.2) is 0 Å². The minimum absolute atomic E-state index is 1.23. The van der Waals surface area contributed by atoms with E-state index in [-0.39, 0.29) is 0 Å². The maximum absolute atomic E-state index is 2.40. The maximum atomic E-state index is 2.40. The van der Waals surface area contributed by atoms with E-state index in [2.05, 4.69) is 182 Å². The van der Waals surface area contributed by atoms with E-state index < -0.39 is 0 Å². The van der Waals surface area contributed by atoms with Gasteiger partial charge in [0.05, 0.1) is 0 Å². The van der Waals surface area contributed by atoms with Crippen LogP contribution in [0.4, 0.5) is 0 Å². The molecule has 49 heavy (non-hydrogen) atoms. The number of hydrogen-bond donors (Lipinski definition) is 0. The molecule has 0 saturated carbocycles. The van der Waals surface area contributed by atoms with Crippen LogP contribution in [0.2, 0.25) is 0 Å². The van der Waals surface area contributed by atoms with Crippen molar-refractivity contribution in [3.05, 3.63) is 182 Å². The molecule has 0 aliphatic carbocycles. The molecule has 0 fully saturated rings. The Labute approximate surface area is 289 Å². The zero-order valence-electron chi connectivity index (χ0n) is 26.7. The van der Waals surface area contributed by atoms with E-state index in [9.17, 15) is 0 Å². The van der Waals surface area contributed by atoms with Crippen molar-refractivity contribution < 1.29 is 0 Å². The predicted octanol–water partition coefficient (Wildman–Crippen LogP) is 14.2. The van der Waals surface area contributed by atoms with Crippen molar-refractivity contribution in [2.24, 2.45) is 0 Å². The van der Waals surface area contributed by atoms with Gasteiger partial charge in [0, 0.05) is 20.2 Å². The highest BCUT2D eigenvalue weighted by atomic mass is 32.1. The molecule has 0 aliphatic rings. The van der Waals surface area contributed by atoms with Crippen LogP contribution in [0.3, 0.4) is 0 Å². The topological polar surface area (TPSA) is 0 Å². The van der Waals surface area contributed by atoms with Crippen molar-refractivity contribution in [3.63, 3.8) is 0 Å². The Morgan fingerprint density at radius 2 is 0.694 bits per heavy atom. The summed E-state index contributed by atoms with van der Waals surface area (Å²) < 4.78 is 2.65. The van der Waals surface area contributed by atoms with Crippen molar-refractivity contribution >= 4 is 63.8 Å². The molecule has 10 aromatic rings. The van der Waals surface area contributed by atoms with E-state index in [1.807, 2.05) is 11.3 Å². The first kappa shape index (κ1) is 28.0. The van der Waals surface area contributed by atoms with Crippen molar-refractivity contribution in [1.82, 2.24) is 0 Å². The third-order valence-corrected chi connectivity index (χ3v) is 11.3. The average molecular weight is 639 g/mol. The van der Waals surface area contributed by atoms with Gasteiger partial charge in [0.1, 0.15) is 0 Å². The van der Waals surface area contributed by atoms with Gasteiger partial charge in [-0.1, -0.05) is 158 Å². The molecule has 1 heterocycles. The number of rotatable bonds is 4. The first-order valence-electron chi connectivity index (χ1n) is 16.8. The van der Waals surface area contributed by atoms with E-state index >= 15 is 0 Å². The normalized spacial score (nSPS) is 11.7. The van der Waals surface area contributed by atoms with Crippen molar-refractivity contribution in [1.29, 1.82) is 0 Å². The van der Waals surface area contributed by atoms with Crippen LogP contribution < -0.4 is 0 Å². The van der Waals surface area contributed by atoms with Gasteiger partial charge in [0.2, 0.25) is 0 Å². The molecule has 0 nitrogen and oxygen atoms in total. The third-order valence-electron chi connectivity index (χ3n) is 10.1. The minimum atomic E-state index is 1.23. The van der Waals surface area contributed by atoms with Gasteiger partial charge in [-0.15, -0.1) is 11.3 Å². The van der Waals surface area contributed by atoms with Gasteiger partial charge in [0.15, 0.2) is 0 Å². The van der Waals surface area contributed by atoms with Gasteiger partial charge in [-0.25, -0.2) is 0 Å². The fraction of sp³-hybridized carbons (Fsp3) is 0. The second kappa shape index (κ2) is 11.3. The molecule has 1 aromatic heterocycles. The van der Waals surface area contributed by atoms with E-state index in [0.717, 1.165) is 0 Å². The van der Waals surface area contributed by atoms with Crippen LogP contribution in [0.15, 0.2) is 182 Å². The van der Waals surface area contributed by atoms with Crippen LogP contribution >= 0.6 is 11.3 Å². The lowest BCUT2D eigenvalue weighted by atomic mass is 9.92. The molecule has 0 atom stereocenters. The molecule has 0 saturated heterocycles. The molecular weight excluding hydrogens is 609 g/mol. The van der Waals surface area contributed by atoms with Gasteiger partial charge < -0.3 is 0 Å². The molecule has 0 aliphatic heterocycles. The summed E-state index contributed by atoms with van der Waals surface area (Å²) in [6.45, 7) is 0. The Morgan fingerprint density at radius 3 is 1.41 bits per heavy atom. The molecule has 0 amide bonds. The quantitative estimate of drug-likeness (QED) is 0.168. The van der Waals surface area contributed by atoms with Crippen LogP contribution in [0.1, 0.15) is 0 Å². The number of benzene rings is 9. The number of fused-ring (bicyclic) bond motifs is 9. The van der Waals surface area contributed by atoms with Gasteiger partial charge >= 0.3 is 0 Å². The average Bonchev–Trinajstić information content (AvgIpc) is 3.56. The Bertz CT molecular complexity index is 2820. The fourth-order valence-electron chi connectivity index (χ4n) is 7.64. The van der Waals surface area contributed by atoms with E-state index in [1.54, 1.807) is 0 Å². The summed E-state index contributed by atoms with van der Waals surface area (Å²) in [5.74, 6) is 0. The van der Waals surface area contributed by atoms with E-state index in [0.29, 0.717) is 0 Å². The Morgan fingerprint density at radius 1 is 0.245 bits per heavy atom. The Hall–Kier alpha value is -6.02. The molecule has 1 heteroatoms. The first-order valence-corrected chi connectivity index (χ1v) is 17.7. The predicted molar refractivity (Wildman–Crippen MR) is 214 cm³/mol. The standard InChI is InChI=1S/C48H30S/c1-2-10-31(11-3-1)32-20-22-33(23-21-32)34-12-8-13-37(28-34)38-18-9-19-44-46-30-36(25-27-47(46)49-48(38)44)35-24-26-43-41-16-5-4-14-39(41)40-15-6-7-17-42(40)45(43)29-35/h1-30H. The molecule has 0 spiro atoms. The van der Waals surface area contributed by atoms with Crippen molar-refractivity contribution in [3.8, 4) is 44.5 Å². The minimum Gasteiger partial charge on any atom is -0.135 e.